The van der Waals surface area contributed by atoms with Crippen molar-refractivity contribution in [3.8, 4) is 0 Å². The molecule has 1 fully saturated rings. The molecule has 1 saturated heterocycles. The maximum Gasteiger partial charge on any atom is 0.305 e. The van der Waals surface area contributed by atoms with E-state index >= 15 is 0 Å². The lowest BCUT2D eigenvalue weighted by atomic mass is 10.1. The van der Waals surface area contributed by atoms with Gasteiger partial charge in [0.15, 0.2) is 0 Å². The van der Waals surface area contributed by atoms with Gasteiger partial charge < -0.3 is 0 Å². The Kier molecular flexibility index (Phi) is 3.47. The molecule has 0 aliphatic carbocycles. The van der Waals surface area contributed by atoms with Crippen LogP contribution in [0.1, 0.15) is 23.7 Å². The molecule has 0 radical (unpaired) electrons. The first-order chi connectivity index (χ1) is 9.32. The van der Waals surface area contributed by atoms with Gasteiger partial charge in [0.2, 0.25) is 11.7 Å². The second-order valence-corrected chi connectivity index (χ2v) is 4.63. The highest BCUT2D eigenvalue weighted by Crippen LogP contribution is 2.26. The molecule has 1 aliphatic heterocycles. The Morgan fingerprint density at radius 2 is 2.10 bits per heavy atom. The molecule has 1 aromatic rings. The summed E-state index contributed by atoms with van der Waals surface area (Å²) in [6.07, 6.45) is 0.101. The fourth-order valence-electron chi connectivity index (χ4n) is 2.10. The summed E-state index contributed by atoms with van der Waals surface area (Å²) in [5.74, 6) is -4.64. The standard InChI is InChI=1S/C12H10F2N2O4/c1-6-4-9(17)15(5-6)12(18)10-7(13)2-3-8(11(10)14)16(19)20/h2-3,6H,4-5H2,1H3. The summed E-state index contributed by atoms with van der Waals surface area (Å²) in [7, 11) is 0. The first-order valence-corrected chi connectivity index (χ1v) is 5.80. The van der Waals surface area contributed by atoms with Gasteiger partial charge in [0.1, 0.15) is 11.4 Å². The van der Waals surface area contributed by atoms with Crippen molar-refractivity contribution in [2.45, 2.75) is 13.3 Å². The van der Waals surface area contributed by atoms with Crippen LogP contribution in [0.25, 0.3) is 0 Å². The van der Waals surface area contributed by atoms with Crippen LogP contribution in [0.5, 0.6) is 0 Å². The van der Waals surface area contributed by atoms with E-state index < -0.39 is 39.6 Å². The van der Waals surface area contributed by atoms with E-state index in [1.165, 1.54) is 0 Å². The molecule has 1 atom stereocenters. The summed E-state index contributed by atoms with van der Waals surface area (Å²) in [5.41, 5.74) is -2.07. The largest absolute Gasteiger partial charge is 0.305 e. The molecule has 6 nitrogen and oxygen atoms in total. The predicted octanol–water partition coefficient (Wildman–Crippen LogP) is 1.88. The summed E-state index contributed by atoms with van der Waals surface area (Å²) >= 11 is 0. The number of nitro groups is 1. The minimum atomic E-state index is -1.56. The topological polar surface area (TPSA) is 80.5 Å². The summed E-state index contributed by atoms with van der Waals surface area (Å²) in [6.45, 7) is 1.75. The van der Waals surface area contributed by atoms with Gasteiger partial charge in [0.05, 0.1) is 4.92 Å². The SMILES string of the molecule is CC1CC(=O)N(C(=O)c2c(F)ccc([N+](=O)[O-])c2F)C1. The molecule has 20 heavy (non-hydrogen) atoms. The molecule has 0 saturated carbocycles. The van der Waals surface area contributed by atoms with Crippen molar-refractivity contribution in [3.05, 3.63) is 39.4 Å². The van der Waals surface area contributed by atoms with Crippen molar-refractivity contribution < 1.29 is 23.3 Å². The number of halogens is 2. The molecule has 2 amide bonds. The molecule has 2 rings (SSSR count). The fourth-order valence-corrected chi connectivity index (χ4v) is 2.10. The monoisotopic (exact) mass is 284 g/mol. The Bertz CT molecular complexity index is 618. The Balaban J connectivity index is 2.47. The minimum absolute atomic E-state index is 0.0409. The first-order valence-electron chi connectivity index (χ1n) is 5.80. The van der Waals surface area contributed by atoms with Gasteiger partial charge in [-0.05, 0) is 12.0 Å². The number of hydrogen-bond acceptors (Lipinski definition) is 4. The first kappa shape index (κ1) is 14.0. The summed E-state index contributed by atoms with van der Waals surface area (Å²) in [6, 6.07) is 1.27. The molecule has 8 heteroatoms. The molecule has 1 aromatic carbocycles. The molecule has 0 N–H and O–H groups in total. The fraction of sp³-hybridized carbons (Fsp3) is 0.333. The third-order valence-corrected chi connectivity index (χ3v) is 3.04. The van der Waals surface area contributed by atoms with Crippen molar-refractivity contribution in [1.29, 1.82) is 0 Å². The lowest BCUT2D eigenvalue weighted by molar-refractivity contribution is -0.387. The van der Waals surface area contributed by atoms with Gasteiger partial charge in [-0.1, -0.05) is 6.92 Å². The maximum atomic E-state index is 13.9. The van der Waals surface area contributed by atoms with Crippen LogP contribution in [-0.4, -0.2) is 28.2 Å². The zero-order valence-corrected chi connectivity index (χ0v) is 10.4. The van der Waals surface area contributed by atoms with E-state index in [9.17, 15) is 28.5 Å². The maximum absolute atomic E-state index is 13.9. The number of likely N-dealkylation sites (tertiary alicyclic amines) is 1. The molecule has 106 valence electrons. The molecule has 0 bridgehead atoms. The van der Waals surface area contributed by atoms with Crippen LogP contribution in [0, 0.1) is 27.7 Å². The van der Waals surface area contributed by atoms with Crippen LogP contribution in [-0.2, 0) is 4.79 Å². The number of nitrogens with zero attached hydrogens (tertiary/aromatic N) is 2. The number of nitro benzene ring substituents is 1. The second kappa shape index (κ2) is 4.95. The van der Waals surface area contributed by atoms with Crippen LogP contribution < -0.4 is 0 Å². The molecular weight excluding hydrogens is 274 g/mol. The molecule has 0 spiro atoms. The normalized spacial score (nSPS) is 18.4. The van der Waals surface area contributed by atoms with E-state index in [4.69, 9.17) is 0 Å². The molecular formula is C12H10F2N2O4. The predicted molar refractivity (Wildman–Crippen MR) is 62.8 cm³/mol. The third kappa shape index (κ3) is 2.24. The quantitative estimate of drug-likeness (QED) is 0.472. The number of carbonyl (C=O) groups excluding carboxylic acids is 2. The van der Waals surface area contributed by atoms with Gasteiger partial charge >= 0.3 is 5.69 Å². The van der Waals surface area contributed by atoms with Gasteiger partial charge in [0, 0.05) is 19.0 Å². The smallest absolute Gasteiger partial charge is 0.278 e. The van der Waals surface area contributed by atoms with Crippen LogP contribution >= 0.6 is 0 Å². The number of amides is 2. The van der Waals surface area contributed by atoms with Crippen LogP contribution in [0.15, 0.2) is 12.1 Å². The zero-order valence-electron chi connectivity index (χ0n) is 10.4. The highest BCUT2D eigenvalue weighted by atomic mass is 19.1. The summed E-state index contributed by atoms with van der Waals surface area (Å²) < 4.78 is 27.5. The van der Waals surface area contributed by atoms with Crippen LogP contribution in [0.3, 0.4) is 0 Å². The third-order valence-electron chi connectivity index (χ3n) is 3.04. The molecule has 0 aromatic heterocycles. The van der Waals surface area contributed by atoms with E-state index in [0.717, 1.165) is 4.90 Å². The lowest BCUT2D eigenvalue weighted by Gasteiger charge is -2.14. The lowest BCUT2D eigenvalue weighted by Crippen LogP contribution is -2.33. The molecule has 1 unspecified atom stereocenters. The van der Waals surface area contributed by atoms with Crippen molar-refractivity contribution in [1.82, 2.24) is 4.90 Å². The zero-order chi connectivity index (χ0) is 15.0. The van der Waals surface area contributed by atoms with E-state index in [-0.39, 0.29) is 18.9 Å². The van der Waals surface area contributed by atoms with E-state index in [2.05, 4.69) is 0 Å². The van der Waals surface area contributed by atoms with Gasteiger partial charge in [-0.2, -0.15) is 4.39 Å². The number of carbonyl (C=O) groups is 2. The average molecular weight is 284 g/mol. The van der Waals surface area contributed by atoms with Crippen molar-refractivity contribution in [3.63, 3.8) is 0 Å². The van der Waals surface area contributed by atoms with Crippen LogP contribution in [0.4, 0.5) is 14.5 Å². The number of imide groups is 1. The number of benzene rings is 1. The number of hydrogen-bond donors (Lipinski definition) is 0. The molecule has 1 aliphatic rings. The average Bonchev–Trinajstić information content (AvgIpc) is 2.67. The summed E-state index contributed by atoms with van der Waals surface area (Å²) in [5, 5.41) is 10.6. The van der Waals surface area contributed by atoms with E-state index in [1.54, 1.807) is 6.92 Å². The Morgan fingerprint density at radius 1 is 1.45 bits per heavy atom. The molecule has 1 heterocycles. The highest BCUT2D eigenvalue weighted by molar-refractivity contribution is 6.06. The Morgan fingerprint density at radius 3 is 2.60 bits per heavy atom. The van der Waals surface area contributed by atoms with Gasteiger partial charge in [-0.15, -0.1) is 0 Å². The van der Waals surface area contributed by atoms with Gasteiger partial charge in [-0.25, -0.2) is 4.39 Å². The van der Waals surface area contributed by atoms with Gasteiger partial charge in [-0.3, -0.25) is 24.6 Å². The van der Waals surface area contributed by atoms with Crippen LogP contribution in [0.2, 0.25) is 0 Å². The Hall–Kier alpha value is -2.38. The second-order valence-electron chi connectivity index (χ2n) is 4.63. The number of rotatable bonds is 2. The van der Waals surface area contributed by atoms with Crippen molar-refractivity contribution >= 4 is 17.5 Å². The van der Waals surface area contributed by atoms with Gasteiger partial charge in [0.25, 0.3) is 5.91 Å². The summed E-state index contributed by atoms with van der Waals surface area (Å²) in [4.78, 5) is 33.8. The van der Waals surface area contributed by atoms with Crippen molar-refractivity contribution in [2.24, 2.45) is 5.92 Å². The van der Waals surface area contributed by atoms with Crippen molar-refractivity contribution in [2.75, 3.05) is 6.54 Å². The van der Waals surface area contributed by atoms with E-state index in [1.807, 2.05) is 0 Å². The minimum Gasteiger partial charge on any atom is -0.278 e. The highest BCUT2D eigenvalue weighted by Gasteiger charge is 2.36. The van der Waals surface area contributed by atoms with E-state index in [0.29, 0.717) is 12.1 Å². The Labute approximate surface area is 112 Å².